The second-order valence-electron chi connectivity index (χ2n) is 7.69. The summed E-state index contributed by atoms with van der Waals surface area (Å²) < 4.78 is 0. The van der Waals surface area contributed by atoms with E-state index in [1.54, 1.807) is 23.1 Å². The Morgan fingerprint density at radius 3 is 2.78 bits per heavy atom. The molecule has 3 rings (SSSR count). The summed E-state index contributed by atoms with van der Waals surface area (Å²) in [5, 5.41) is 9.08. The first-order valence-electron chi connectivity index (χ1n) is 9.19. The third-order valence-corrected chi connectivity index (χ3v) is 5.22. The normalized spacial score (nSPS) is 24.6. The van der Waals surface area contributed by atoms with Crippen molar-refractivity contribution in [2.24, 2.45) is 5.92 Å². The predicted octanol–water partition coefficient (Wildman–Crippen LogP) is 2.28. The summed E-state index contributed by atoms with van der Waals surface area (Å²) in [5.41, 5.74) is 1.52. The highest BCUT2D eigenvalue weighted by atomic mass is 35.5. The molecule has 1 aromatic carbocycles. The van der Waals surface area contributed by atoms with Gasteiger partial charge in [0.2, 0.25) is 11.8 Å². The van der Waals surface area contributed by atoms with Gasteiger partial charge in [0.1, 0.15) is 12.1 Å². The number of amides is 4. The van der Waals surface area contributed by atoms with Gasteiger partial charge in [0.25, 0.3) is 0 Å². The molecule has 2 fully saturated rings. The highest BCUT2D eigenvalue weighted by Gasteiger charge is 2.46. The zero-order chi connectivity index (χ0) is 19.7. The molecule has 0 radical (unpaired) electrons. The van der Waals surface area contributed by atoms with Gasteiger partial charge in [-0.2, -0.15) is 0 Å². The zero-order valence-electron chi connectivity index (χ0n) is 15.7. The number of anilines is 1. The molecule has 1 aromatic rings. The van der Waals surface area contributed by atoms with E-state index < -0.39 is 12.1 Å². The summed E-state index contributed by atoms with van der Waals surface area (Å²) in [4.78, 5) is 39.0. The van der Waals surface area contributed by atoms with Crippen molar-refractivity contribution in [1.29, 1.82) is 0 Å². The molecule has 2 heterocycles. The topological polar surface area (TPSA) is 90.5 Å². The number of carbonyl (C=O) groups excluding carboxylic acids is 3. The number of rotatable bonds is 4. The highest BCUT2D eigenvalue weighted by molar-refractivity contribution is 6.30. The maximum Gasteiger partial charge on any atom is 0.319 e. The monoisotopic (exact) mass is 392 g/mol. The molecular formula is C19H25ClN4O3. The van der Waals surface area contributed by atoms with Crippen LogP contribution in [0.25, 0.3) is 0 Å². The number of hydrogen-bond donors (Lipinski definition) is 3. The third-order valence-electron chi connectivity index (χ3n) is 4.98. The summed E-state index contributed by atoms with van der Waals surface area (Å²) >= 11 is 5.93. The van der Waals surface area contributed by atoms with Gasteiger partial charge >= 0.3 is 6.03 Å². The molecule has 0 unspecified atom stereocenters. The van der Waals surface area contributed by atoms with Gasteiger partial charge < -0.3 is 20.9 Å². The Bertz CT molecular complexity index is 767. The van der Waals surface area contributed by atoms with Crippen molar-refractivity contribution in [1.82, 2.24) is 15.5 Å². The fourth-order valence-electron chi connectivity index (χ4n) is 3.70. The van der Waals surface area contributed by atoms with Crippen LogP contribution in [0, 0.1) is 12.8 Å². The number of benzene rings is 1. The second kappa shape index (κ2) is 7.76. The minimum atomic E-state index is -0.511. The Hall–Kier alpha value is -2.28. The largest absolute Gasteiger partial charge is 0.342 e. The maximum atomic E-state index is 12.7. The van der Waals surface area contributed by atoms with E-state index in [9.17, 15) is 14.4 Å². The van der Waals surface area contributed by atoms with E-state index in [1.165, 1.54) is 0 Å². The van der Waals surface area contributed by atoms with Crippen molar-refractivity contribution >= 4 is 35.1 Å². The molecule has 8 heteroatoms. The molecule has 2 saturated heterocycles. The maximum absolute atomic E-state index is 12.7. The van der Waals surface area contributed by atoms with E-state index in [0.29, 0.717) is 36.0 Å². The number of carbonyl (C=O) groups is 3. The molecule has 146 valence electrons. The van der Waals surface area contributed by atoms with Gasteiger partial charge in [-0.05, 0) is 49.4 Å². The number of aryl methyl sites for hydroxylation is 1. The fourth-order valence-corrected chi connectivity index (χ4v) is 3.93. The number of nitrogens with one attached hydrogen (secondary N) is 3. The lowest BCUT2D eigenvalue weighted by atomic mass is 9.99. The Labute approximate surface area is 163 Å². The lowest BCUT2D eigenvalue weighted by Gasteiger charge is -2.35. The predicted molar refractivity (Wildman–Crippen MR) is 104 cm³/mol. The second-order valence-corrected chi connectivity index (χ2v) is 8.12. The van der Waals surface area contributed by atoms with Crippen LogP contribution in [0.3, 0.4) is 0 Å². The van der Waals surface area contributed by atoms with E-state index in [0.717, 1.165) is 5.56 Å². The van der Waals surface area contributed by atoms with Gasteiger partial charge in [0.15, 0.2) is 0 Å². The molecule has 0 saturated carbocycles. The molecule has 0 aromatic heterocycles. The van der Waals surface area contributed by atoms with Crippen molar-refractivity contribution in [3.63, 3.8) is 0 Å². The standard InChI is InChI=1S/C19H25ClN4O3/c1-10(2)6-15-18(26)24-9-13(8-16(24)17(25)22-15)21-19(27)23-14-5-4-12(20)7-11(14)3/h4-5,7,10,13,15-16H,6,8-9H2,1-3H3,(H,22,25)(H2,21,23,27)/t13-,15-,16-/m0/s1. The number of hydrogen-bond acceptors (Lipinski definition) is 3. The number of piperazine rings is 1. The smallest absolute Gasteiger partial charge is 0.319 e. The average Bonchev–Trinajstić information content (AvgIpc) is 2.99. The number of urea groups is 1. The van der Waals surface area contributed by atoms with Crippen LogP contribution in [0.1, 0.15) is 32.3 Å². The molecular weight excluding hydrogens is 368 g/mol. The number of fused-ring (bicyclic) bond motifs is 1. The molecule has 0 spiro atoms. The number of halogens is 1. The van der Waals surface area contributed by atoms with Crippen LogP contribution in [0.15, 0.2) is 18.2 Å². The number of nitrogens with zero attached hydrogens (tertiary/aromatic N) is 1. The lowest BCUT2D eigenvalue weighted by molar-refractivity contribution is -0.147. The Morgan fingerprint density at radius 2 is 2.11 bits per heavy atom. The molecule has 0 aliphatic carbocycles. The summed E-state index contributed by atoms with van der Waals surface area (Å²) in [5.74, 6) is 0.103. The summed E-state index contributed by atoms with van der Waals surface area (Å²) in [7, 11) is 0. The highest BCUT2D eigenvalue weighted by Crippen LogP contribution is 2.25. The van der Waals surface area contributed by atoms with Crippen LogP contribution in [0.4, 0.5) is 10.5 Å². The van der Waals surface area contributed by atoms with Crippen LogP contribution in [-0.2, 0) is 9.59 Å². The van der Waals surface area contributed by atoms with Crippen molar-refractivity contribution in [3.8, 4) is 0 Å². The van der Waals surface area contributed by atoms with E-state index in [4.69, 9.17) is 11.6 Å². The first-order chi connectivity index (χ1) is 12.7. The minimum absolute atomic E-state index is 0.0634. The van der Waals surface area contributed by atoms with Crippen molar-refractivity contribution in [2.45, 2.75) is 51.7 Å². The molecule has 2 aliphatic rings. The fraction of sp³-hybridized carbons (Fsp3) is 0.526. The molecule has 27 heavy (non-hydrogen) atoms. The van der Waals surface area contributed by atoms with E-state index in [2.05, 4.69) is 16.0 Å². The molecule has 3 atom stereocenters. The molecule has 4 amide bonds. The molecule has 0 bridgehead atoms. The van der Waals surface area contributed by atoms with Gasteiger partial charge in [-0.1, -0.05) is 25.4 Å². The third kappa shape index (κ3) is 4.35. The van der Waals surface area contributed by atoms with Crippen molar-refractivity contribution in [2.75, 3.05) is 11.9 Å². The van der Waals surface area contributed by atoms with E-state index in [-0.39, 0.29) is 23.9 Å². The Kier molecular flexibility index (Phi) is 5.60. The van der Waals surface area contributed by atoms with Gasteiger partial charge in [-0.25, -0.2) is 4.79 Å². The van der Waals surface area contributed by atoms with Crippen LogP contribution >= 0.6 is 11.6 Å². The molecule has 7 nitrogen and oxygen atoms in total. The van der Waals surface area contributed by atoms with Crippen molar-refractivity contribution < 1.29 is 14.4 Å². The minimum Gasteiger partial charge on any atom is -0.342 e. The first-order valence-corrected chi connectivity index (χ1v) is 9.57. The van der Waals surface area contributed by atoms with Gasteiger partial charge in [-0.15, -0.1) is 0 Å². The Morgan fingerprint density at radius 1 is 1.37 bits per heavy atom. The molecule has 3 N–H and O–H groups in total. The molecule has 2 aliphatic heterocycles. The van der Waals surface area contributed by atoms with Crippen LogP contribution in [0.2, 0.25) is 5.02 Å². The zero-order valence-corrected chi connectivity index (χ0v) is 16.5. The SMILES string of the molecule is Cc1cc(Cl)ccc1NC(=O)N[C@H]1C[C@H]2C(=O)N[C@@H](CC(C)C)C(=O)N2C1. The first kappa shape index (κ1) is 19.5. The quantitative estimate of drug-likeness (QED) is 0.734. The van der Waals surface area contributed by atoms with Crippen LogP contribution < -0.4 is 16.0 Å². The summed E-state index contributed by atoms with van der Waals surface area (Å²) in [6.45, 7) is 6.24. The van der Waals surface area contributed by atoms with Crippen LogP contribution in [0.5, 0.6) is 0 Å². The van der Waals surface area contributed by atoms with Gasteiger partial charge in [0, 0.05) is 17.3 Å². The Balaban J connectivity index is 1.61. The van der Waals surface area contributed by atoms with E-state index in [1.807, 2.05) is 20.8 Å². The van der Waals surface area contributed by atoms with Gasteiger partial charge in [0.05, 0.1) is 6.04 Å². The lowest BCUT2D eigenvalue weighted by Crippen LogP contribution is -2.61. The average molecular weight is 393 g/mol. The summed E-state index contributed by atoms with van der Waals surface area (Å²) in [6, 6.07) is 3.60. The van der Waals surface area contributed by atoms with Crippen LogP contribution in [-0.4, -0.2) is 47.4 Å². The van der Waals surface area contributed by atoms with Crippen molar-refractivity contribution in [3.05, 3.63) is 28.8 Å². The van der Waals surface area contributed by atoms with E-state index >= 15 is 0 Å². The summed E-state index contributed by atoms with van der Waals surface area (Å²) in [6.07, 6.45) is 1.03. The van der Waals surface area contributed by atoms with Gasteiger partial charge in [-0.3, -0.25) is 9.59 Å².